The molecule has 0 bridgehead atoms. The Morgan fingerprint density at radius 2 is 0.220 bits per heavy atom. The van der Waals surface area contributed by atoms with Crippen LogP contribution in [0.1, 0.15) is 280 Å². The standard InChI is InChI=1S/3C6H6.3C6H14.C3H8.7C2H6.6CH4/c3*1-2-4-6-5-3-1;3*1-3-5-6-4-2;1-3-2;7*1-2;;;;;;/h3*1-6H;3*3-6H2,1-2H3;3H2,1-2H3;7*1-2H3;6*1H4. The van der Waals surface area contributed by atoms with Gasteiger partial charge in [-0.05, 0) is 0 Å². The van der Waals surface area contributed by atoms with Crippen molar-refractivity contribution in [3.8, 4) is 0 Å². The van der Waals surface area contributed by atoms with Gasteiger partial charge in [-0.15, -0.1) is 0 Å². The molecule has 0 aliphatic rings. The van der Waals surface area contributed by atoms with Crippen molar-refractivity contribution in [2.24, 2.45) is 0 Å². The maximum absolute atomic E-state index is 2.23. The minimum Gasteiger partial charge on any atom is -0.0776 e. The van der Waals surface area contributed by atoms with E-state index in [1.165, 1.54) is 83.5 Å². The van der Waals surface area contributed by atoms with Gasteiger partial charge in [-0.25, -0.2) is 0 Å². The van der Waals surface area contributed by atoms with E-state index in [0.29, 0.717) is 0 Å². The Kier molecular flexibility index (Phi) is 383. The molecule has 0 amide bonds. The molecule has 0 aromatic heterocycles. The molecule has 3 aromatic rings. The van der Waals surface area contributed by atoms with Crippen molar-refractivity contribution in [2.75, 3.05) is 0 Å². The van der Waals surface area contributed by atoms with Crippen molar-refractivity contribution in [1.82, 2.24) is 0 Å². The zero-order valence-corrected chi connectivity index (χ0v) is 41.6. The maximum Gasteiger partial charge on any atom is -0.0536 e. The van der Waals surface area contributed by atoms with E-state index in [0.717, 1.165) is 0 Å². The average molecular weight is 844 g/mol. The van der Waals surface area contributed by atoms with Crippen molar-refractivity contribution >= 4 is 0 Å². The van der Waals surface area contributed by atoms with Crippen molar-refractivity contribution < 1.29 is 0 Å². The fourth-order valence-electron chi connectivity index (χ4n) is 2.65. The Bertz CT molecular complexity index is 447. The Morgan fingerprint density at radius 1 is 0.169 bits per heavy atom. The highest BCUT2D eigenvalue weighted by Crippen LogP contribution is 1.96. The zero-order valence-electron chi connectivity index (χ0n) is 41.6. The SMILES string of the molecule is C.C.C.C.C.C.CC.CC.CC.CC.CC.CC.CC.CCC.CCCCCC.CCCCCC.CCCCCC.c1ccccc1.c1ccccc1.c1ccccc1. The summed E-state index contributed by atoms with van der Waals surface area (Å²) >= 11 is 0. The molecule has 0 heterocycles. The monoisotopic (exact) mass is 843 g/mol. The lowest BCUT2D eigenvalue weighted by Gasteiger charge is -1.86. The number of hydrogen-bond acceptors (Lipinski definition) is 0. The maximum atomic E-state index is 2.23. The molecule has 0 atom stereocenters. The minimum absolute atomic E-state index is 0. The number of rotatable bonds is 9. The van der Waals surface area contributed by atoms with E-state index in [1.807, 2.05) is 206 Å². The second-order valence-electron chi connectivity index (χ2n) is 9.29. The van der Waals surface area contributed by atoms with Crippen molar-refractivity contribution in [1.29, 1.82) is 0 Å². The van der Waals surface area contributed by atoms with Gasteiger partial charge in [0.05, 0.1) is 0 Å². The summed E-state index contributed by atoms with van der Waals surface area (Å²) in [5.41, 5.74) is 0. The topological polar surface area (TPSA) is 0 Å². The molecule has 0 aliphatic carbocycles. The van der Waals surface area contributed by atoms with Gasteiger partial charge in [0.25, 0.3) is 0 Å². The molecule has 59 heavy (non-hydrogen) atoms. The molecule has 0 saturated heterocycles. The van der Waals surface area contributed by atoms with Gasteiger partial charge < -0.3 is 0 Å². The summed E-state index contributed by atoms with van der Waals surface area (Å²) < 4.78 is 0. The third-order valence-electron chi connectivity index (χ3n) is 4.87. The lowest BCUT2D eigenvalue weighted by atomic mass is 10.2. The molecule has 3 aromatic carbocycles. The first-order valence-electron chi connectivity index (χ1n) is 23.2. The fourth-order valence-corrected chi connectivity index (χ4v) is 2.65. The number of benzene rings is 3. The van der Waals surface area contributed by atoms with Crippen molar-refractivity contribution in [3.05, 3.63) is 109 Å². The molecular formula is C59H134. The molecule has 0 saturated carbocycles. The van der Waals surface area contributed by atoms with Gasteiger partial charge in [0, 0.05) is 0 Å². The molecule has 0 unspecified atom stereocenters. The Hall–Kier alpha value is -2.34. The third kappa shape index (κ3) is 264. The summed E-state index contributed by atoms with van der Waals surface area (Å²) in [6, 6.07) is 36.0. The smallest absolute Gasteiger partial charge is 0.0536 e. The molecule has 0 heteroatoms. The normalized spacial score (nSPS) is 6.20. The lowest BCUT2D eigenvalue weighted by molar-refractivity contribution is 0.702. The zero-order chi connectivity index (χ0) is 43.9. The predicted octanol–water partition coefficient (Wildman–Crippen LogP) is 25.2. The highest BCUT2D eigenvalue weighted by Gasteiger charge is 1.76. The van der Waals surface area contributed by atoms with Gasteiger partial charge in [-0.1, -0.05) is 390 Å². The van der Waals surface area contributed by atoms with E-state index in [1.54, 1.807) is 0 Å². The van der Waals surface area contributed by atoms with Gasteiger partial charge in [-0.3, -0.25) is 0 Å². The van der Waals surface area contributed by atoms with Crippen LogP contribution in [0.25, 0.3) is 0 Å². The summed E-state index contributed by atoms with van der Waals surface area (Å²) in [6.45, 7) is 45.6. The Balaban J connectivity index is -0.0000000219. The second kappa shape index (κ2) is 202. The van der Waals surface area contributed by atoms with Crippen LogP contribution < -0.4 is 0 Å². The average Bonchev–Trinajstić information content (AvgIpc) is 3.29. The van der Waals surface area contributed by atoms with Crippen molar-refractivity contribution in [3.63, 3.8) is 0 Å². The van der Waals surface area contributed by atoms with Crippen molar-refractivity contribution in [2.45, 2.75) is 280 Å². The van der Waals surface area contributed by atoms with E-state index in [9.17, 15) is 0 Å². The molecule has 0 N–H and O–H groups in total. The van der Waals surface area contributed by atoms with Crippen LogP contribution in [-0.2, 0) is 0 Å². The van der Waals surface area contributed by atoms with Crippen LogP contribution >= 0.6 is 0 Å². The summed E-state index contributed by atoms with van der Waals surface area (Å²) in [6.07, 6.45) is 17.9. The number of hydrogen-bond donors (Lipinski definition) is 0. The highest BCUT2D eigenvalue weighted by molar-refractivity contribution is 5.00. The third-order valence-corrected chi connectivity index (χ3v) is 4.87. The van der Waals surface area contributed by atoms with Gasteiger partial charge in [0.1, 0.15) is 0 Å². The van der Waals surface area contributed by atoms with Crippen LogP contribution in [0.15, 0.2) is 109 Å². The van der Waals surface area contributed by atoms with Crippen LogP contribution in [0.2, 0.25) is 0 Å². The summed E-state index contributed by atoms with van der Waals surface area (Å²) in [7, 11) is 0. The van der Waals surface area contributed by atoms with Gasteiger partial charge in [0.2, 0.25) is 0 Å². The molecule has 3 rings (SSSR count). The van der Waals surface area contributed by atoms with E-state index < -0.39 is 0 Å². The van der Waals surface area contributed by atoms with Gasteiger partial charge in [0.15, 0.2) is 0 Å². The largest absolute Gasteiger partial charge is 0.0776 e. The van der Waals surface area contributed by atoms with Crippen LogP contribution in [0.3, 0.4) is 0 Å². The second-order valence-corrected chi connectivity index (χ2v) is 9.29. The Morgan fingerprint density at radius 3 is 0.254 bits per heavy atom. The quantitative estimate of drug-likeness (QED) is 0.188. The minimum atomic E-state index is 0. The molecular weight excluding hydrogens is 709 g/mol. The van der Waals surface area contributed by atoms with Crippen LogP contribution in [0, 0.1) is 0 Å². The molecule has 0 nitrogen and oxygen atoms in total. The van der Waals surface area contributed by atoms with E-state index in [2.05, 4.69) is 55.4 Å². The molecule has 0 fully saturated rings. The first-order chi connectivity index (χ1) is 26.2. The molecule has 0 radical (unpaired) electrons. The molecule has 370 valence electrons. The van der Waals surface area contributed by atoms with Gasteiger partial charge in [-0.2, -0.15) is 0 Å². The predicted molar refractivity (Wildman–Crippen MR) is 305 cm³/mol. The summed E-state index contributed by atoms with van der Waals surface area (Å²) in [5.74, 6) is 0. The van der Waals surface area contributed by atoms with Crippen LogP contribution in [-0.4, -0.2) is 0 Å². The summed E-state index contributed by atoms with van der Waals surface area (Å²) in [4.78, 5) is 0. The van der Waals surface area contributed by atoms with E-state index in [4.69, 9.17) is 0 Å². The number of unbranched alkanes of at least 4 members (excludes halogenated alkanes) is 9. The molecule has 0 aliphatic heterocycles. The highest BCUT2D eigenvalue weighted by atomic mass is 13.8. The summed E-state index contributed by atoms with van der Waals surface area (Å²) in [5, 5.41) is 0. The Labute approximate surface area is 388 Å². The van der Waals surface area contributed by atoms with Crippen LogP contribution in [0.5, 0.6) is 0 Å². The van der Waals surface area contributed by atoms with Crippen LogP contribution in [0.4, 0.5) is 0 Å². The van der Waals surface area contributed by atoms with E-state index in [-0.39, 0.29) is 44.6 Å². The first kappa shape index (κ1) is 112. The fraction of sp³-hybridized carbons (Fsp3) is 0.695. The van der Waals surface area contributed by atoms with E-state index >= 15 is 0 Å². The molecule has 0 spiro atoms. The van der Waals surface area contributed by atoms with Gasteiger partial charge >= 0.3 is 0 Å². The lowest BCUT2D eigenvalue weighted by Crippen LogP contribution is -1.66. The first-order valence-corrected chi connectivity index (χ1v) is 23.2.